The minimum atomic E-state index is 0.818. The first-order chi connectivity index (χ1) is 7.35. The molecule has 1 aliphatic heterocycles. The quantitative estimate of drug-likeness (QED) is 0.732. The van der Waals surface area contributed by atoms with Crippen molar-refractivity contribution in [2.75, 3.05) is 27.3 Å². The molecule has 1 aromatic rings. The average molecular weight is 206 g/mol. The van der Waals surface area contributed by atoms with Crippen LogP contribution in [0.1, 0.15) is 11.1 Å². The Kier molecular flexibility index (Phi) is 3.11. The highest BCUT2D eigenvalue weighted by molar-refractivity contribution is 5.48. The van der Waals surface area contributed by atoms with Crippen molar-refractivity contribution in [3.63, 3.8) is 0 Å². The van der Waals surface area contributed by atoms with Crippen LogP contribution < -0.4 is 14.8 Å². The first-order valence-corrected chi connectivity index (χ1v) is 5.22. The lowest BCUT2D eigenvalue weighted by molar-refractivity contribution is 0.354. The average Bonchev–Trinajstić information content (AvgIpc) is 2.51. The molecule has 3 heteroatoms. The van der Waals surface area contributed by atoms with Crippen molar-refractivity contribution in [1.29, 1.82) is 0 Å². The molecule has 81 valence electrons. The predicted octanol–water partition coefficient (Wildman–Crippen LogP) is 1.41. The van der Waals surface area contributed by atoms with Gasteiger partial charge in [0.15, 0.2) is 11.5 Å². The maximum Gasteiger partial charge on any atom is 0.161 e. The van der Waals surface area contributed by atoms with Gasteiger partial charge in [-0.2, -0.15) is 0 Å². The predicted molar refractivity (Wildman–Crippen MR) is 58.8 cm³/mol. The minimum Gasteiger partial charge on any atom is -0.493 e. The van der Waals surface area contributed by atoms with Crippen LogP contribution in [0.3, 0.4) is 0 Å². The van der Waals surface area contributed by atoms with Crippen LogP contribution in [0.5, 0.6) is 11.5 Å². The Hall–Kier alpha value is -1.22. The van der Waals surface area contributed by atoms with Crippen LogP contribution in [0.4, 0.5) is 0 Å². The van der Waals surface area contributed by atoms with E-state index in [0.29, 0.717) is 0 Å². The molecule has 2 rings (SSSR count). The lowest BCUT2D eigenvalue weighted by Crippen LogP contribution is -2.07. The van der Waals surface area contributed by atoms with Crippen molar-refractivity contribution >= 4 is 0 Å². The summed E-state index contributed by atoms with van der Waals surface area (Å²) in [6, 6.07) is 4.16. The Morgan fingerprint density at radius 1 is 0.933 bits per heavy atom. The third-order valence-corrected chi connectivity index (χ3v) is 2.78. The minimum absolute atomic E-state index is 0.818. The normalized spacial score (nSPS) is 15.3. The molecule has 3 nitrogen and oxygen atoms in total. The van der Waals surface area contributed by atoms with Gasteiger partial charge in [0.05, 0.1) is 14.2 Å². The lowest BCUT2D eigenvalue weighted by atomic mass is 10.0. The summed E-state index contributed by atoms with van der Waals surface area (Å²) < 4.78 is 10.6. The van der Waals surface area contributed by atoms with E-state index >= 15 is 0 Å². The van der Waals surface area contributed by atoms with E-state index in [1.54, 1.807) is 14.2 Å². The van der Waals surface area contributed by atoms with Gasteiger partial charge in [-0.25, -0.2) is 5.32 Å². The fraction of sp³-hybridized carbons (Fsp3) is 0.500. The second-order valence-electron chi connectivity index (χ2n) is 3.65. The van der Waals surface area contributed by atoms with Gasteiger partial charge in [-0.15, -0.1) is 0 Å². The molecule has 1 aromatic carbocycles. The number of hydrogen-bond acceptors (Lipinski definition) is 2. The van der Waals surface area contributed by atoms with Crippen LogP contribution in [0.25, 0.3) is 0 Å². The first-order valence-electron chi connectivity index (χ1n) is 5.22. The van der Waals surface area contributed by atoms with Crippen LogP contribution in [-0.4, -0.2) is 27.3 Å². The zero-order chi connectivity index (χ0) is 10.7. The lowest BCUT2D eigenvalue weighted by Gasteiger charge is -2.12. The number of nitrogens with zero attached hydrogens (tertiary/aromatic N) is 1. The van der Waals surface area contributed by atoms with Crippen molar-refractivity contribution in [3.8, 4) is 11.5 Å². The van der Waals surface area contributed by atoms with E-state index in [9.17, 15) is 0 Å². The largest absolute Gasteiger partial charge is 0.493 e. The Bertz CT molecular complexity index is 317. The van der Waals surface area contributed by atoms with Gasteiger partial charge < -0.3 is 9.47 Å². The second kappa shape index (κ2) is 4.53. The molecule has 0 spiro atoms. The van der Waals surface area contributed by atoms with E-state index in [0.717, 1.165) is 37.4 Å². The number of fused-ring (bicyclic) bond motifs is 1. The molecule has 0 bridgehead atoms. The Balaban J connectivity index is 2.41. The van der Waals surface area contributed by atoms with Crippen molar-refractivity contribution < 1.29 is 9.47 Å². The number of ether oxygens (including phenoxy) is 2. The Morgan fingerprint density at radius 2 is 1.40 bits per heavy atom. The summed E-state index contributed by atoms with van der Waals surface area (Å²) >= 11 is 0. The topological polar surface area (TPSA) is 32.6 Å². The fourth-order valence-corrected chi connectivity index (χ4v) is 1.94. The molecule has 1 heterocycles. The van der Waals surface area contributed by atoms with Gasteiger partial charge in [0.2, 0.25) is 0 Å². The van der Waals surface area contributed by atoms with Crippen molar-refractivity contribution in [2.45, 2.75) is 12.8 Å². The molecule has 0 saturated heterocycles. The number of methoxy groups -OCH3 is 2. The summed E-state index contributed by atoms with van der Waals surface area (Å²) in [5.41, 5.74) is 2.68. The summed E-state index contributed by atoms with van der Waals surface area (Å²) in [7, 11) is 3.34. The van der Waals surface area contributed by atoms with Crippen molar-refractivity contribution in [1.82, 2.24) is 5.32 Å². The molecular formula is C12H16NO2. The number of rotatable bonds is 2. The Labute approximate surface area is 90.4 Å². The highest BCUT2D eigenvalue weighted by atomic mass is 16.5. The summed E-state index contributed by atoms with van der Waals surface area (Å²) in [4.78, 5) is 0. The maximum atomic E-state index is 5.29. The molecular weight excluding hydrogens is 190 g/mol. The molecule has 0 atom stereocenters. The van der Waals surface area contributed by atoms with E-state index in [1.165, 1.54) is 11.1 Å². The van der Waals surface area contributed by atoms with Crippen LogP contribution >= 0.6 is 0 Å². The molecule has 15 heavy (non-hydrogen) atoms. The van der Waals surface area contributed by atoms with Gasteiger partial charge in [-0.05, 0) is 36.1 Å². The van der Waals surface area contributed by atoms with E-state index in [1.807, 2.05) is 0 Å². The standard InChI is InChI=1S/C12H16NO2/c1-14-11-7-9-3-5-13-6-4-10(9)8-12(11)15-2/h7-8H,3-6H2,1-2H3. The van der Waals surface area contributed by atoms with Crippen molar-refractivity contribution in [2.24, 2.45) is 0 Å². The number of benzene rings is 1. The molecule has 1 radical (unpaired) electrons. The summed E-state index contributed by atoms with van der Waals surface area (Å²) in [6.45, 7) is 1.84. The highest BCUT2D eigenvalue weighted by Crippen LogP contribution is 2.31. The highest BCUT2D eigenvalue weighted by Gasteiger charge is 2.13. The monoisotopic (exact) mass is 206 g/mol. The number of hydrogen-bond donors (Lipinski definition) is 0. The smallest absolute Gasteiger partial charge is 0.161 e. The zero-order valence-corrected chi connectivity index (χ0v) is 9.25. The van der Waals surface area contributed by atoms with Gasteiger partial charge in [-0.3, -0.25) is 0 Å². The maximum absolute atomic E-state index is 5.29. The molecule has 0 unspecified atom stereocenters. The van der Waals surface area contributed by atoms with Crippen molar-refractivity contribution in [3.05, 3.63) is 23.3 Å². The summed E-state index contributed by atoms with van der Waals surface area (Å²) in [5.74, 6) is 1.64. The summed E-state index contributed by atoms with van der Waals surface area (Å²) in [6.07, 6.45) is 2.02. The van der Waals surface area contributed by atoms with Gasteiger partial charge in [-0.1, -0.05) is 0 Å². The molecule has 0 aromatic heterocycles. The van der Waals surface area contributed by atoms with E-state index in [2.05, 4.69) is 17.4 Å². The van der Waals surface area contributed by atoms with Gasteiger partial charge >= 0.3 is 0 Å². The first kappa shape index (κ1) is 10.3. The zero-order valence-electron chi connectivity index (χ0n) is 9.25. The summed E-state index contributed by atoms with van der Waals surface area (Å²) in [5, 5.41) is 4.41. The van der Waals surface area contributed by atoms with Crippen LogP contribution in [0.15, 0.2) is 12.1 Å². The van der Waals surface area contributed by atoms with E-state index < -0.39 is 0 Å². The molecule has 0 amide bonds. The third-order valence-electron chi connectivity index (χ3n) is 2.78. The van der Waals surface area contributed by atoms with Crippen LogP contribution in [0.2, 0.25) is 0 Å². The van der Waals surface area contributed by atoms with Gasteiger partial charge in [0, 0.05) is 13.1 Å². The molecule has 0 aliphatic carbocycles. The Morgan fingerprint density at radius 3 is 1.80 bits per heavy atom. The van der Waals surface area contributed by atoms with E-state index in [-0.39, 0.29) is 0 Å². The van der Waals surface area contributed by atoms with E-state index in [4.69, 9.17) is 9.47 Å². The van der Waals surface area contributed by atoms with Crippen LogP contribution in [-0.2, 0) is 12.8 Å². The van der Waals surface area contributed by atoms with Gasteiger partial charge in [0.1, 0.15) is 0 Å². The fourth-order valence-electron chi connectivity index (χ4n) is 1.94. The molecule has 0 fully saturated rings. The third kappa shape index (κ3) is 2.07. The molecule has 1 aliphatic rings. The molecule has 0 N–H and O–H groups in total. The van der Waals surface area contributed by atoms with Crippen LogP contribution in [0, 0.1) is 0 Å². The second-order valence-corrected chi connectivity index (χ2v) is 3.65. The SMILES string of the molecule is COc1cc2c(cc1OC)CC[N]CC2. The molecule has 0 saturated carbocycles. The van der Waals surface area contributed by atoms with Gasteiger partial charge in [0.25, 0.3) is 0 Å².